The Bertz CT molecular complexity index is 903. The number of sulfonamides is 1. The van der Waals surface area contributed by atoms with Gasteiger partial charge in [-0.3, -0.25) is 4.79 Å². The van der Waals surface area contributed by atoms with Crippen LogP contribution in [0.2, 0.25) is 0 Å². The van der Waals surface area contributed by atoms with Crippen molar-refractivity contribution in [2.75, 3.05) is 19.7 Å². The van der Waals surface area contributed by atoms with Gasteiger partial charge < -0.3 is 15.2 Å². The first-order chi connectivity index (χ1) is 12.8. The first-order valence-electron chi connectivity index (χ1n) is 8.14. The first-order valence-corrected chi connectivity index (χ1v) is 10.4. The number of carbonyl (C=O) groups excluding carboxylic acids is 1. The van der Waals surface area contributed by atoms with Crippen molar-refractivity contribution in [2.45, 2.75) is 17.4 Å². The van der Waals surface area contributed by atoms with Gasteiger partial charge in [-0.15, -0.1) is 0 Å². The number of nitrogens with two attached hydrogens (primary N) is 1. The van der Waals surface area contributed by atoms with Crippen LogP contribution in [0.25, 0.3) is 0 Å². The van der Waals surface area contributed by atoms with Crippen LogP contribution in [-0.2, 0) is 14.8 Å². The Morgan fingerprint density at radius 2 is 2.00 bits per heavy atom. The second-order valence-corrected chi connectivity index (χ2v) is 8.79. The average Bonchev–Trinajstić information content (AvgIpc) is 3.12. The highest BCUT2D eigenvalue weighted by Crippen LogP contribution is 2.25. The normalized spacial score (nSPS) is 17.6. The second kappa shape index (κ2) is 8.24. The van der Waals surface area contributed by atoms with Crippen molar-refractivity contribution in [3.05, 3.63) is 47.1 Å². The molecule has 27 heavy (non-hydrogen) atoms. The highest BCUT2D eigenvalue weighted by Gasteiger charge is 2.33. The largest absolute Gasteiger partial charge is 0.484 e. The fourth-order valence-corrected chi connectivity index (χ4v) is 4.35. The zero-order chi connectivity index (χ0) is 19.4. The van der Waals surface area contributed by atoms with Crippen LogP contribution in [-0.4, -0.2) is 49.4 Å². The van der Waals surface area contributed by atoms with Crippen molar-refractivity contribution in [2.24, 2.45) is 5.73 Å². The summed E-state index contributed by atoms with van der Waals surface area (Å²) in [5, 5.41) is 0. The van der Waals surface area contributed by atoms with E-state index in [1.165, 1.54) is 28.6 Å². The third kappa shape index (κ3) is 4.96. The van der Waals surface area contributed by atoms with E-state index in [1.807, 2.05) is 6.07 Å². The molecule has 1 aliphatic heterocycles. The lowest BCUT2D eigenvalue weighted by Crippen LogP contribution is -2.31. The number of carbonyl (C=O) groups is 1. The number of pyridine rings is 1. The van der Waals surface area contributed by atoms with Crippen LogP contribution in [0, 0.1) is 0 Å². The summed E-state index contributed by atoms with van der Waals surface area (Å²) in [7, 11) is -3.64. The maximum absolute atomic E-state index is 12.8. The average molecular weight is 456 g/mol. The molecule has 1 saturated heterocycles. The number of aromatic nitrogens is 1. The minimum Gasteiger partial charge on any atom is -0.484 e. The Hall–Kier alpha value is -2.17. The number of benzene rings is 1. The van der Waals surface area contributed by atoms with Gasteiger partial charge in [0.1, 0.15) is 11.9 Å². The summed E-state index contributed by atoms with van der Waals surface area (Å²) >= 11 is 3.30. The van der Waals surface area contributed by atoms with Crippen molar-refractivity contribution in [1.29, 1.82) is 0 Å². The Labute approximate surface area is 165 Å². The molecule has 0 spiro atoms. The molecule has 1 amide bonds. The van der Waals surface area contributed by atoms with Gasteiger partial charge >= 0.3 is 0 Å². The number of amides is 1. The van der Waals surface area contributed by atoms with Crippen LogP contribution >= 0.6 is 15.9 Å². The third-order valence-electron chi connectivity index (χ3n) is 3.94. The molecule has 144 valence electrons. The van der Waals surface area contributed by atoms with E-state index in [9.17, 15) is 13.2 Å². The van der Waals surface area contributed by atoms with Crippen molar-refractivity contribution in [3.63, 3.8) is 0 Å². The van der Waals surface area contributed by atoms with Crippen molar-refractivity contribution >= 4 is 31.9 Å². The van der Waals surface area contributed by atoms with E-state index in [4.69, 9.17) is 15.2 Å². The fourth-order valence-electron chi connectivity index (χ4n) is 2.63. The van der Waals surface area contributed by atoms with E-state index in [2.05, 4.69) is 20.9 Å². The molecule has 1 aromatic carbocycles. The third-order valence-corrected chi connectivity index (χ3v) is 6.29. The molecule has 1 aromatic heterocycles. The van der Waals surface area contributed by atoms with E-state index >= 15 is 0 Å². The minimum absolute atomic E-state index is 0.149. The van der Waals surface area contributed by atoms with Gasteiger partial charge in [-0.1, -0.05) is 0 Å². The topological polar surface area (TPSA) is 112 Å². The lowest BCUT2D eigenvalue weighted by molar-refractivity contribution is -0.119. The Balaban J connectivity index is 1.63. The Morgan fingerprint density at radius 3 is 2.63 bits per heavy atom. The van der Waals surface area contributed by atoms with E-state index < -0.39 is 15.9 Å². The molecule has 2 heterocycles. The highest BCUT2D eigenvalue weighted by atomic mass is 79.9. The van der Waals surface area contributed by atoms with Crippen molar-refractivity contribution in [1.82, 2.24) is 9.29 Å². The van der Waals surface area contributed by atoms with Crippen molar-refractivity contribution in [3.8, 4) is 11.6 Å². The van der Waals surface area contributed by atoms with Gasteiger partial charge in [0.2, 0.25) is 15.9 Å². The summed E-state index contributed by atoms with van der Waals surface area (Å²) in [5.74, 6) is 0.227. The van der Waals surface area contributed by atoms with Gasteiger partial charge in [-0.2, -0.15) is 4.31 Å². The molecule has 10 heteroatoms. The number of halogens is 1. The molecule has 0 saturated carbocycles. The molecule has 8 nitrogen and oxygen atoms in total. The number of nitrogens with zero attached hydrogens (tertiary/aromatic N) is 2. The van der Waals surface area contributed by atoms with E-state index in [1.54, 1.807) is 12.3 Å². The molecule has 0 radical (unpaired) electrons. The van der Waals surface area contributed by atoms with E-state index in [0.717, 1.165) is 4.47 Å². The van der Waals surface area contributed by atoms with Gasteiger partial charge in [0.25, 0.3) is 5.91 Å². The van der Waals surface area contributed by atoms with Crippen LogP contribution in [0.4, 0.5) is 0 Å². The van der Waals surface area contributed by atoms with Crippen LogP contribution in [0.3, 0.4) is 0 Å². The summed E-state index contributed by atoms with van der Waals surface area (Å²) in [6.07, 6.45) is 1.95. The molecule has 1 unspecified atom stereocenters. The number of hydrogen-bond acceptors (Lipinski definition) is 6. The molecule has 2 N–H and O–H groups in total. The predicted molar refractivity (Wildman–Crippen MR) is 101 cm³/mol. The summed E-state index contributed by atoms with van der Waals surface area (Å²) in [4.78, 5) is 15.0. The van der Waals surface area contributed by atoms with Crippen molar-refractivity contribution < 1.29 is 22.7 Å². The molecule has 1 fully saturated rings. The molecule has 2 aromatic rings. The number of primary amides is 1. The summed E-state index contributed by atoms with van der Waals surface area (Å²) in [6, 6.07) is 9.41. The Morgan fingerprint density at radius 1 is 1.26 bits per heavy atom. The molecular formula is C17H18BrN3O5S. The molecule has 1 atom stereocenters. The number of ether oxygens (including phenoxy) is 2. The molecule has 0 aliphatic carbocycles. The summed E-state index contributed by atoms with van der Waals surface area (Å²) in [5.41, 5.74) is 5.01. The first kappa shape index (κ1) is 19.6. The quantitative estimate of drug-likeness (QED) is 0.677. The standard InChI is InChI=1S/C17H18BrN3O5S/c18-12-1-6-17(20-9-12)26-14-7-8-21(10-14)27(23,24)15-4-2-13(3-5-15)25-11-16(19)22/h1-6,9,14H,7-8,10-11H2,(H2,19,22). The molecule has 0 bridgehead atoms. The second-order valence-electron chi connectivity index (χ2n) is 5.93. The Kier molecular flexibility index (Phi) is 5.98. The summed E-state index contributed by atoms with van der Waals surface area (Å²) < 4.78 is 38.7. The van der Waals surface area contributed by atoms with E-state index in [0.29, 0.717) is 24.6 Å². The summed E-state index contributed by atoms with van der Waals surface area (Å²) in [6.45, 7) is 0.352. The zero-order valence-corrected chi connectivity index (χ0v) is 16.6. The monoisotopic (exact) mass is 455 g/mol. The molecular weight excluding hydrogens is 438 g/mol. The van der Waals surface area contributed by atoms with Gasteiger partial charge in [-0.25, -0.2) is 13.4 Å². The van der Waals surface area contributed by atoms with Crippen LogP contribution in [0.1, 0.15) is 6.42 Å². The van der Waals surface area contributed by atoms with Crippen LogP contribution < -0.4 is 15.2 Å². The lowest BCUT2D eigenvalue weighted by atomic mass is 10.3. The number of rotatable bonds is 7. The van der Waals surface area contributed by atoms with Gasteiger partial charge in [-0.05, 0) is 52.7 Å². The SMILES string of the molecule is NC(=O)COc1ccc(S(=O)(=O)N2CCC(Oc3ccc(Br)cn3)C2)cc1. The highest BCUT2D eigenvalue weighted by molar-refractivity contribution is 9.10. The molecule has 3 rings (SSSR count). The zero-order valence-electron chi connectivity index (χ0n) is 14.2. The smallest absolute Gasteiger partial charge is 0.255 e. The molecule has 1 aliphatic rings. The minimum atomic E-state index is -3.64. The number of hydrogen-bond donors (Lipinski definition) is 1. The predicted octanol–water partition coefficient (Wildman–Crippen LogP) is 1.55. The van der Waals surface area contributed by atoms with Gasteiger partial charge in [0.05, 0.1) is 11.4 Å². The maximum Gasteiger partial charge on any atom is 0.255 e. The maximum atomic E-state index is 12.8. The van der Waals surface area contributed by atoms with Crippen LogP contribution in [0.15, 0.2) is 52.0 Å². The fraction of sp³-hybridized carbons (Fsp3) is 0.294. The lowest BCUT2D eigenvalue weighted by Gasteiger charge is -2.17. The van der Waals surface area contributed by atoms with E-state index in [-0.39, 0.29) is 24.2 Å². The van der Waals surface area contributed by atoms with Gasteiger partial charge in [0.15, 0.2) is 6.61 Å². The van der Waals surface area contributed by atoms with Crippen LogP contribution in [0.5, 0.6) is 11.6 Å². The van der Waals surface area contributed by atoms with Gasteiger partial charge in [0, 0.05) is 23.3 Å².